The summed E-state index contributed by atoms with van der Waals surface area (Å²) in [4.78, 5) is 17.3. The van der Waals surface area contributed by atoms with Crippen LogP contribution in [-0.4, -0.2) is 34.9 Å². The Hall–Kier alpha value is -1.62. The fourth-order valence-corrected chi connectivity index (χ4v) is 1.66. The molecule has 0 fully saturated rings. The smallest absolute Gasteiger partial charge is 0.231 e. The van der Waals surface area contributed by atoms with E-state index in [1.807, 2.05) is 44.0 Å². The third kappa shape index (κ3) is 4.71. The topological polar surface area (TPSA) is 71.2 Å². The van der Waals surface area contributed by atoms with Crippen molar-refractivity contribution in [2.24, 2.45) is 5.73 Å². The summed E-state index contributed by atoms with van der Waals surface area (Å²) >= 11 is 0. The number of amides is 1. The SMILES string of the molecule is CCNc1ccc(CN(CC(N)=O)C(C)C)cn1. The van der Waals surface area contributed by atoms with Gasteiger partial charge in [0.25, 0.3) is 0 Å². The van der Waals surface area contributed by atoms with Crippen LogP contribution in [0, 0.1) is 0 Å². The first-order valence-electron chi connectivity index (χ1n) is 6.24. The minimum Gasteiger partial charge on any atom is -0.370 e. The van der Waals surface area contributed by atoms with Gasteiger partial charge in [-0.05, 0) is 32.4 Å². The molecule has 0 atom stereocenters. The average molecular weight is 250 g/mol. The number of anilines is 1. The van der Waals surface area contributed by atoms with Gasteiger partial charge in [0.1, 0.15) is 5.82 Å². The van der Waals surface area contributed by atoms with Crippen LogP contribution in [0.15, 0.2) is 18.3 Å². The molecule has 0 saturated heterocycles. The minimum absolute atomic E-state index is 0.269. The number of aromatic nitrogens is 1. The van der Waals surface area contributed by atoms with Crippen LogP contribution in [0.25, 0.3) is 0 Å². The van der Waals surface area contributed by atoms with Crippen molar-refractivity contribution in [1.29, 1.82) is 0 Å². The largest absolute Gasteiger partial charge is 0.370 e. The Morgan fingerprint density at radius 2 is 2.22 bits per heavy atom. The normalized spacial score (nSPS) is 10.9. The zero-order valence-electron chi connectivity index (χ0n) is 11.3. The monoisotopic (exact) mass is 250 g/mol. The number of hydrogen-bond acceptors (Lipinski definition) is 4. The third-order valence-corrected chi connectivity index (χ3v) is 2.66. The van der Waals surface area contributed by atoms with E-state index in [1.165, 1.54) is 0 Å². The molecule has 0 radical (unpaired) electrons. The Kier molecular flexibility index (Phi) is 5.58. The van der Waals surface area contributed by atoms with E-state index in [9.17, 15) is 4.79 Å². The predicted molar refractivity (Wildman–Crippen MR) is 73.1 cm³/mol. The van der Waals surface area contributed by atoms with Crippen molar-refractivity contribution in [2.45, 2.75) is 33.4 Å². The van der Waals surface area contributed by atoms with Crippen molar-refractivity contribution in [2.75, 3.05) is 18.4 Å². The predicted octanol–water partition coefficient (Wildman–Crippen LogP) is 1.21. The van der Waals surface area contributed by atoms with E-state index in [4.69, 9.17) is 5.73 Å². The van der Waals surface area contributed by atoms with Gasteiger partial charge in [0.15, 0.2) is 0 Å². The first-order chi connectivity index (χ1) is 8.52. The number of nitrogens with zero attached hydrogens (tertiary/aromatic N) is 2. The molecule has 0 aliphatic rings. The number of primary amides is 1. The lowest BCUT2D eigenvalue weighted by Crippen LogP contribution is -2.37. The van der Waals surface area contributed by atoms with E-state index in [0.717, 1.165) is 17.9 Å². The van der Waals surface area contributed by atoms with Crippen LogP contribution in [0.5, 0.6) is 0 Å². The molecule has 0 aliphatic carbocycles. The molecule has 5 heteroatoms. The molecule has 100 valence electrons. The van der Waals surface area contributed by atoms with Crippen molar-refractivity contribution in [3.05, 3.63) is 23.9 Å². The highest BCUT2D eigenvalue weighted by molar-refractivity contribution is 5.75. The van der Waals surface area contributed by atoms with Crippen LogP contribution in [-0.2, 0) is 11.3 Å². The molecule has 0 unspecified atom stereocenters. The summed E-state index contributed by atoms with van der Waals surface area (Å²) in [5, 5.41) is 3.14. The molecule has 1 heterocycles. The van der Waals surface area contributed by atoms with Crippen LogP contribution >= 0.6 is 0 Å². The fraction of sp³-hybridized carbons (Fsp3) is 0.538. The lowest BCUT2D eigenvalue weighted by Gasteiger charge is -2.24. The third-order valence-electron chi connectivity index (χ3n) is 2.66. The highest BCUT2D eigenvalue weighted by Crippen LogP contribution is 2.09. The summed E-state index contributed by atoms with van der Waals surface area (Å²) in [7, 11) is 0. The van der Waals surface area contributed by atoms with Crippen molar-refractivity contribution < 1.29 is 4.79 Å². The van der Waals surface area contributed by atoms with Gasteiger partial charge in [-0.15, -0.1) is 0 Å². The standard InChI is InChI=1S/C13H22N4O/c1-4-15-13-6-5-11(7-16-13)8-17(10(2)3)9-12(14)18/h5-7,10H,4,8-9H2,1-3H3,(H2,14,18)(H,15,16). The van der Waals surface area contributed by atoms with Gasteiger partial charge in [-0.2, -0.15) is 0 Å². The molecule has 0 aromatic carbocycles. The number of nitrogens with one attached hydrogen (secondary N) is 1. The van der Waals surface area contributed by atoms with Crippen LogP contribution < -0.4 is 11.1 Å². The number of rotatable bonds is 7. The van der Waals surface area contributed by atoms with Crippen molar-refractivity contribution in [1.82, 2.24) is 9.88 Å². The van der Waals surface area contributed by atoms with Gasteiger partial charge in [0, 0.05) is 25.3 Å². The van der Waals surface area contributed by atoms with Crippen LogP contribution in [0.4, 0.5) is 5.82 Å². The zero-order valence-corrected chi connectivity index (χ0v) is 11.3. The minimum atomic E-state index is -0.305. The van der Waals surface area contributed by atoms with Crippen molar-refractivity contribution in [3.63, 3.8) is 0 Å². The molecule has 0 aliphatic heterocycles. The number of carbonyl (C=O) groups excluding carboxylic acids is 1. The molecule has 1 aromatic rings. The molecule has 1 amide bonds. The molecule has 0 saturated carbocycles. The van der Waals surface area contributed by atoms with E-state index in [0.29, 0.717) is 6.54 Å². The maximum absolute atomic E-state index is 11.0. The van der Waals surface area contributed by atoms with E-state index >= 15 is 0 Å². The summed E-state index contributed by atoms with van der Waals surface area (Å²) in [6.07, 6.45) is 1.83. The first kappa shape index (κ1) is 14.4. The number of hydrogen-bond donors (Lipinski definition) is 2. The van der Waals surface area contributed by atoms with Gasteiger partial charge < -0.3 is 11.1 Å². The van der Waals surface area contributed by atoms with E-state index < -0.39 is 0 Å². The van der Waals surface area contributed by atoms with Crippen molar-refractivity contribution >= 4 is 11.7 Å². The van der Waals surface area contributed by atoms with Gasteiger partial charge >= 0.3 is 0 Å². The molecule has 18 heavy (non-hydrogen) atoms. The van der Waals surface area contributed by atoms with Crippen LogP contribution in [0.1, 0.15) is 26.3 Å². The van der Waals surface area contributed by atoms with E-state index in [1.54, 1.807) is 0 Å². The van der Waals surface area contributed by atoms with E-state index in [2.05, 4.69) is 10.3 Å². The van der Waals surface area contributed by atoms with Crippen LogP contribution in [0.2, 0.25) is 0 Å². The number of pyridine rings is 1. The van der Waals surface area contributed by atoms with Gasteiger partial charge in [0.05, 0.1) is 6.54 Å². The highest BCUT2D eigenvalue weighted by atomic mass is 16.1. The maximum Gasteiger partial charge on any atom is 0.231 e. The summed E-state index contributed by atoms with van der Waals surface area (Å²) in [5.74, 6) is 0.563. The molecule has 0 spiro atoms. The van der Waals surface area contributed by atoms with Crippen molar-refractivity contribution in [3.8, 4) is 0 Å². The van der Waals surface area contributed by atoms with Gasteiger partial charge in [-0.25, -0.2) is 4.98 Å². The van der Waals surface area contributed by atoms with Crippen LogP contribution in [0.3, 0.4) is 0 Å². The van der Waals surface area contributed by atoms with Gasteiger partial charge in [-0.3, -0.25) is 9.69 Å². The number of nitrogens with two attached hydrogens (primary N) is 1. The second-order valence-electron chi connectivity index (χ2n) is 4.55. The van der Waals surface area contributed by atoms with E-state index in [-0.39, 0.29) is 18.5 Å². The lowest BCUT2D eigenvalue weighted by molar-refractivity contribution is -0.119. The quantitative estimate of drug-likeness (QED) is 0.763. The maximum atomic E-state index is 11.0. The van der Waals surface area contributed by atoms with Gasteiger partial charge in [0.2, 0.25) is 5.91 Å². The van der Waals surface area contributed by atoms with Gasteiger partial charge in [-0.1, -0.05) is 6.07 Å². The first-order valence-corrected chi connectivity index (χ1v) is 6.24. The molecule has 5 nitrogen and oxygen atoms in total. The Labute approximate surface area is 108 Å². The molecule has 1 aromatic heterocycles. The Morgan fingerprint density at radius 3 is 2.67 bits per heavy atom. The summed E-state index contributed by atoms with van der Waals surface area (Å²) < 4.78 is 0. The highest BCUT2D eigenvalue weighted by Gasteiger charge is 2.12. The zero-order chi connectivity index (χ0) is 13.5. The second-order valence-corrected chi connectivity index (χ2v) is 4.55. The second kappa shape index (κ2) is 6.96. The molecular formula is C13H22N4O. The average Bonchev–Trinajstić information content (AvgIpc) is 2.30. The molecular weight excluding hydrogens is 228 g/mol. The molecule has 1 rings (SSSR count). The molecule has 0 bridgehead atoms. The lowest BCUT2D eigenvalue weighted by atomic mass is 10.2. The summed E-state index contributed by atoms with van der Waals surface area (Å²) in [5.41, 5.74) is 6.32. The fourth-order valence-electron chi connectivity index (χ4n) is 1.66. The Balaban J connectivity index is 2.65. The summed E-state index contributed by atoms with van der Waals surface area (Å²) in [6.45, 7) is 7.93. The molecule has 3 N–H and O–H groups in total. The Morgan fingerprint density at radius 1 is 1.50 bits per heavy atom. The Bertz CT molecular complexity index is 375. The number of carbonyl (C=O) groups is 1. The summed E-state index contributed by atoms with van der Waals surface area (Å²) in [6, 6.07) is 4.23.